The maximum absolute atomic E-state index is 13.9. The third-order valence-electron chi connectivity index (χ3n) is 6.56. The zero-order valence-corrected chi connectivity index (χ0v) is 25.6. The fourth-order valence-corrected chi connectivity index (χ4v) is 5.01. The number of alkyl halides is 3. The standard InChI is InChI=1S/C28H21Cl3F3N9O2/c1-14-8-17(30)9-20(26(45)37-15(2)22-6-5-16(29)12-36-22)19(14)11-24(44)23-10-18(13-42-40-27(38-41-42)28(32,33)34)39-43(23)25-21(31)4-3-7-35-25/h3-10,12,15H,11,13H2,1-2H3,(H,37,45). The van der Waals surface area contributed by atoms with E-state index in [-0.39, 0.29) is 45.8 Å². The van der Waals surface area contributed by atoms with E-state index in [1.807, 2.05) is 0 Å². The van der Waals surface area contributed by atoms with Gasteiger partial charge in [-0.05, 0) is 72.7 Å². The first-order chi connectivity index (χ1) is 21.3. The van der Waals surface area contributed by atoms with Crippen molar-refractivity contribution in [3.05, 3.63) is 110 Å². The number of benzene rings is 1. The summed E-state index contributed by atoms with van der Waals surface area (Å²) in [5, 5.41) is 17.9. The Morgan fingerprint density at radius 2 is 1.80 bits per heavy atom. The van der Waals surface area contributed by atoms with Crippen molar-refractivity contribution in [3.8, 4) is 5.82 Å². The van der Waals surface area contributed by atoms with E-state index < -0.39 is 29.7 Å². The Morgan fingerprint density at radius 3 is 2.47 bits per heavy atom. The van der Waals surface area contributed by atoms with Crippen LogP contribution in [0, 0.1) is 6.92 Å². The van der Waals surface area contributed by atoms with Gasteiger partial charge in [0.05, 0.1) is 27.5 Å². The lowest BCUT2D eigenvalue weighted by Crippen LogP contribution is -2.29. The maximum atomic E-state index is 13.9. The molecule has 1 unspecified atom stereocenters. The number of carbonyl (C=O) groups is 2. The number of hydrogen-bond acceptors (Lipinski definition) is 8. The molecular formula is C28H21Cl3F3N9O2. The van der Waals surface area contributed by atoms with E-state index >= 15 is 0 Å². The topological polar surface area (TPSA) is 133 Å². The van der Waals surface area contributed by atoms with Gasteiger partial charge in [0.2, 0.25) is 0 Å². The van der Waals surface area contributed by atoms with Crippen LogP contribution in [-0.2, 0) is 19.1 Å². The largest absolute Gasteiger partial charge is 0.455 e. The third kappa shape index (κ3) is 7.30. The van der Waals surface area contributed by atoms with E-state index in [0.29, 0.717) is 26.6 Å². The van der Waals surface area contributed by atoms with Crippen LogP contribution in [0.5, 0.6) is 0 Å². The summed E-state index contributed by atoms with van der Waals surface area (Å²) in [6, 6.07) is 10.4. The molecule has 45 heavy (non-hydrogen) atoms. The van der Waals surface area contributed by atoms with Gasteiger partial charge in [-0.1, -0.05) is 34.8 Å². The molecule has 5 aromatic rings. The van der Waals surface area contributed by atoms with Crippen LogP contribution in [0.15, 0.2) is 54.9 Å². The van der Waals surface area contributed by atoms with Gasteiger partial charge in [-0.2, -0.15) is 23.1 Å². The van der Waals surface area contributed by atoms with Crippen molar-refractivity contribution in [1.29, 1.82) is 0 Å². The molecule has 0 radical (unpaired) electrons. The summed E-state index contributed by atoms with van der Waals surface area (Å²) in [5.74, 6) is -2.31. The number of aryl methyl sites for hydroxylation is 1. The van der Waals surface area contributed by atoms with Crippen molar-refractivity contribution < 1.29 is 22.8 Å². The first kappa shape index (κ1) is 32.0. The zero-order chi connectivity index (χ0) is 32.5. The van der Waals surface area contributed by atoms with Crippen molar-refractivity contribution in [2.75, 3.05) is 0 Å². The number of ketones is 1. The molecule has 4 heterocycles. The molecule has 0 aliphatic heterocycles. The summed E-state index contributed by atoms with van der Waals surface area (Å²) in [5.41, 5.74) is 1.83. The van der Waals surface area contributed by atoms with Gasteiger partial charge in [0.15, 0.2) is 11.6 Å². The normalized spacial score (nSPS) is 12.3. The SMILES string of the molecule is Cc1cc(Cl)cc(C(=O)NC(C)c2ccc(Cl)cn2)c1CC(=O)c1cc(Cn2nnc(C(F)(F)F)n2)nn1-c1ncccc1Cl. The van der Waals surface area contributed by atoms with E-state index in [1.54, 1.807) is 38.1 Å². The van der Waals surface area contributed by atoms with Crippen molar-refractivity contribution in [3.63, 3.8) is 0 Å². The Labute approximate surface area is 268 Å². The minimum absolute atomic E-state index is 0.00111. The Morgan fingerprint density at radius 1 is 1.02 bits per heavy atom. The smallest absolute Gasteiger partial charge is 0.344 e. The van der Waals surface area contributed by atoms with Crippen LogP contribution in [0.25, 0.3) is 5.82 Å². The Bertz CT molecular complexity index is 1890. The quantitative estimate of drug-likeness (QED) is 0.191. The van der Waals surface area contributed by atoms with Crippen molar-refractivity contribution in [2.45, 2.75) is 39.0 Å². The number of aromatic nitrogens is 8. The monoisotopic (exact) mass is 677 g/mol. The van der Waals surface area contributed by atoms with Crippen LogP contribution < -0.4 is 5.32 Å². The second kappa shape index (κ2) is 12.9. The fraction of sp³-hybridized carbons (Fsp3) is 0.214. The van der Waals surface area contributed by atoms with Gasteiger partial charge in [-0.15, -0.1) is 10.2 Å². The summed E-state index contributed by atoms with van der Waals surface area (Å²) >= 11 is 18.6. The summed E-state index contributed by atoms with van der Waals surface area (Å²) < 4.78 is 40.2. The van der Waals surface area contributed by atoms with Gasteiger partial charge in [-0.3, -0.25) is 14.6 Å². The molecule has 0 aliphatic carbocycles. The minimum atomic E-state index is -4.79. The summed E-state index contributed by atoms with van der Waals surface area (Å²) in [4.78, 5) is 36.5. The highest BCUT2D eigenvalue weighted by atomic mass is 35.5. The molecular weight excluding hydrogens is 658 g/mol. The molecule has 0 bridgehead atoms. The molecule has 0 aliphatic rings. The van der Waals surface area contributed by atoms with Gasteiger partial charge < -0.3 is 5.32 Å². The van der Waals surface area contributed by atoms with Crippen LogP contribution in [0.4, 0.5) is 13.2 Å². The fourth-order valence-electron chi connectivity index (χ4n) is 4.42. The zero-order valence-electron chi connectivity index (χ0n) is 23.3. The predicted octanol–water partition coefficient (Wildman–Crippen LogP) is 5.90. The molecule has 4 aromatic heterocycles. The van der Waals surface area contributed by atoms with Crippen molar-refractivity contribution in [2.24, 2.45) is 0 Å². The molecule has 0 saturated carbocycles. The maximum Gasteiger partial charge on any atom is 0.455 e. The molecule has 1 amide bonds. The highest BCUT2D eigenvalue weighted by Crippen LogP contribution is 2.27. The number of Topliss-reactive ketones (excluding diaryl/α,β-unsaturated/α-hetero) is 1. The molecule has 17 heteroatoms. The van der Waals surface area contributed by atoms with E-state index in [4.69, 9.17) is 34.8 Å². The van der Waals surface area contributed by atoms with Crippen molar-refractivity contribution in [1.82, 2.24) is 45.3 Å². The highest BCUT2D eigenvalue weighted by Gasteiger charge is 2.37. The number of carbonyl (C=O) groups excluding carboxylic acids is 2. The van der Waals surface area contributed by atoms with E-state index in [2.05, 4.69) is 35.8 Å². The number of halogens is 6. The average molecular weight is 679 g/mol. The number of rotatable bonds is 9. The minimum Gasteiger partial charge on any atom is -0.344 e. The molecule has 0 spiro atoms. The number of hydrogen-bond donors (Lipinski definition) is 1. The summed E-state index contributed by atoms with van der Waals surface area (Å²) in [6.07, 6.45) is -2.15. The van der Waals surface area contributed by atoms with Gasteiger partial charge in [0.1, 0.15) is 12.2 Å². The van der Waals surface area contributed by atoms with E-state index in [1.165, 1.54) is 35.3 Å². The Kier molecular flexibility index (Phi) is 9.18. The summed E-state index contributed by atoms with van der Waals surface area (Å²) in [6.45, 7) is 3.11. The Hall–Kier alpha value is -4.40. The average Bonchev–Trinajstić information content (AvgIpc) is 3.62. The van der Waals surface area contributed by atoms with Crippen LogP contribution in [0.3, 0.4) is 0 Å². The first-order valence-electron chi connectivity index (χ1n) is 13.1. The molecule has 0 saturated heterocycles. The first-order valence-corrected chi connectivity index (χ1v) is 14.2. The van der Waals surface area contributed by atoms with E-state index in [0.717, 1.165) is 0 Å². The van der Waals surface area contributed by atoms with Crippen LogP contribution >= 0.6 is 34.8 Å². The van der Waals surface area contributed by atoms with Crippen LogP contribution in [-0.4, -0.2) is 51.6 Å². The lowest BCUT2D eigenvalue weighted by molar-refractivity contribution is -0.145. The third-order valence-corrected chi connectivity index (χ3v) is 7.29. The molecule has 1 aromatic carbocycles. The highest BCUT2D eigenvalue weighted by molar-refractivity contribution is 6.32. The molecule has 1 atom stereocenters. The Balaban J connectivity index is 1.48. The lowest BCUT2D eigenvalue weighted by Gasteiger charge is -2.17. The summed E-state index contributed by atoms with van der Waals surface area (Å²) in [7, 11) is 0. The number of pyridine rings is 2. The second-order valence-electron chi connectivity index (χ2n) is 9.83. The van der Waals surface area contributed by atoms with Crippen LogP contribution in [0.2, 0.25) is 15.1 Å². The van der Waals surface area contributed by atoms with Crippen LogP contribution in [0.1, 0.15) is 62.2 Å². The molecule has 11 nitrogen and oxygen atoms in total. The van der Waals surface area contributed by atoms with Gasteiger partial charge in [0, 0.05) is 29.4 Å². The molecule has 232 valence electrons. The molecule has 0 fully saturated rings. The van der Waals surface area contributed by atoms with Gasteiger partial charge in [0.25, 0.3) is 11.7 Å². The molecule has 1 N–H and O–H groups in total. The second-order valence-corrected chi connectivity index (χ2v) is 11.1. The number of amides is 1. The van der Waals surface area contributed by atoms with E-state index in [9.17, 15) is 22.8 Å². The number of nitrogens with one attached hydrogen (secondary N) is 1. The number of nitrogens with zero attached hydrogens (tertiary/aromatic N) is 8. The predicted molar refractivity (Wildman–Crippen MR) is 158 cm³/mol. The number of tetrazole rings is 1. The van der Waals surface area contributed by atoms with Gasteiger partial charge >= 0.3 is 6.18 Å². The van der Waals surface area contributed by atoms with Crippen molar-refractivity contribution >= 4 is 46.5 Å². The lowest BCUT2D eigenvalue weighted by atomic mass is 9.95. The molecule has 5 rings (SSSR count). The van der Waals surface area contributed by atoms with Gasteiger partial charge in [-0.25, -0.2) is 9.67 Å².